The number of amides is 1. The molecule has 0 saturated carbocycles. The van der Waals surface area contributed by atoms with E-state index in [1.165, 1.54) is 5.56 Å². The van der Waals surface area contributed by atoms with E-state index >= 15 is 0 Å². The molecule has 0 aliphatic heterocycles. The number of rotatable bonds is 5. The van der Waals surface area contributed by atoms with Crippen LogP contribution < -0.4 is 5.32 Å². The van der Waals surface area contributed by atoms with Gasteiger partial charge in [-0.2, -0.15) is 0 Å². The van der Waals surface area contributed by atoms with Crippen molar-refractivity contribution in [2.45, 2.75) is 26.8 Å². The van der Waals surface area contributed by atoms with Gasteiger partial charge in [-0.25, -0.2) is 4.98 Å². The van der Waals surface area contributed by atoms with Gasteiger partial charge in [-0.05, 0) is 19.4 Å². The second-order valence-corrected chi connectivity index (χ2v) is 7.10. The molecule has 3 nitrogen and oxygen atoms in total. The molecule has 122 valence electrons. The van der Waals surface area contributed by atoms with Gasteiger partial charge in [0, 0.05) is 17.0 Å². The molecule has 1 aromatic heterocycles. The number of hydrogen-bond acceptors (Lipinski definition) is 3. The number of nitrogens with one attached hydrogen (secondary N) is 1. The second kappa shape index (κ2) is 7.41. The Morgan fingerprint density at radius 2 is 1.75 bits per heavy atom. The highest BCUT2D eigenvalue weighted by molar-refractivity contribution is 7.12. The predicted molar refractivity (Wildman–Crippen MR) is 99.0 cm³/mol. The molecule has 1 heterocycles. The molecule has 0 atom stereocenters. The normalized spacial score (nSPS) is 10.6. The van der Waals surface area contributed by atoms with Crippen molar-refractivity contribution in [2.24, 2.45) is 0 Å². The fourth-order valence-electron chi connectivity index (χ4n) is 2.53. The first-order valence-corrected chi connectivity index (χ1v) is 8.77. The van der Waals surface area contributed by atoms with Crippen molar-refractivity contribution < 1.29 is 4.79 Å². The highest BCUT2D eigenvalue weighted by atomic mass is 32.1. The number of thiazole rings is 1. The molecule has 0 fully saturated rings. The Morgan fingerprint density at radius 3 is 2.46 bits per heavy atom. The summed E-state index contributed by atoms with van der Waals surface area (Å²) in [5.41, 5.74) is 4.31. The van der Waals surface area contributed by atoms with E-state index in [0.717, 1.165) is 26.7 Å². The van der Waals surface area contributed by atoms with Crippen LogP contribution in [-0.4, -0.2) is 10.9 Å². The number of aromatic nitrogens is 1. The molecule has 3 aromatic rings. The Kier molecular flexibility index (Phi) is 5.06. The third-order valence-corrected chi connectivity index (χ3v) is 4.75. The molecule has 1 amide bonds. The smallest absolute Gasteiger partial charge is 0.225 e. The van der Waals surface area contributed by atoms with Gasteiger partial charge < -0.3 is 5.32 Å². The lowest BCUT2D eigenvalue weighted by Gasteiger charge is -2.06. The first-order chi connectivity index (χ1) is 11.6. The van der Waals surface area contributed by atoms with Crippen molar-refractivity contribution in [1.82, 2.24) is 10.3 Å². The molecule has 0 saturated heterocycles. The molecule has 1 N–H and O–H groups in total. The van der Waals surface area contributed by atoms with Crippen molar-refractivity contribution >= 4 is 17.2 Å². The van der Waals surface area contributed by atoms with E-state index in [2.05, 4.69) is 41.5 Å². The van der Waals surface area contributed by atoms with Crippen molar-refractivity contribution in [1.29, 1.82) is 0 Å². The molecule has 4 heteroatoms. The fraction of sp³-hybridized carbons (Fsp3) is 0.200. The number of carbonyl (C=O) groups is 1. The number of hydrogen-bond donors (Lipinski definition) is 1. The SMILES string of the molecule is Cc1ccc(-c2nc(C)sc2CC(=O)NCc2ccccc2)cc1. The summed E-state index contributed by atoms with van der Waals surface area (Å²) in [5.74, 6) is 0.0239. The van der Waals surface area contributed by atoms with E-state index in [-0.39, 0.29) is 5.91 Å². The van der Waals surface area contributed by atoms with E-state index in [1.807, 2.05) is 37.3 Å². The predicted octanol–water partition coefficient (Wildman–Crippen LogP) is 4.29. The maximum Gasteiger partial charge on any atom is 0.225 e. The summed E-state index contributed by atoms with van der Waals surface area (Å²) < 4.78 is 0. The molecule has 0 bridgehead atoms. The van der Waals surface area contributed by atoms with Gasteiger partial charge in [0.2, 0.25) is 5.91 Å². The standard InChI is InChI=1S/C20H20N2OS/c1-14-8-10-17(11-9-14)20-18(24-15(2)22-20)12-19(23)21-13-16-6-4-3-5-7-16/h3-11H,12-13H2,1-2H3,(H,21,23). The van der Waals surface area contributed by atoms with Crippen LogP contribution in [0.1, 0.15) is 21.0 Å². The summed E-state index contributed by atoms with van der Waals surface area (Å²) in [6.45, 7) is 4.60. The lowest BCUT2D eigenvalue weighted by molar-refractivity contribution is -0.120. The topological polar surface area (TPSA) is 42.0 Å². The molecule has 2 aromatic carbocycles. The molecular weight excluding hydrogens is 316 g/mol. The molecule has 0 spiro atoms. The molecule has 0 aliphatic rings. The van der Waals surface area contributed by atoms with Crippen LogP contribution in [0.4, 0.5) is 0 Å². The molecule has 0 aliphatic carbocycles. The summed E-state index contributed by atoms with van der Waals surface area (Å²) in [6, 6.07) is 18.2. The van der Waals surface area contributed by atoms with Crippen LogP contribution in [0.2, 0.25) is 0 Å². The van der Waals surface area contributed by atoms with Crippen molar-refractivity contribution in [2.75, 3.05) is 0 Å². The van der Waals surface area contributed by atoms with E-state index in [9.17, 15) is 4.79 Å². The van der Waals surface area contributed by atoms with Gasteiger partial charge in [-0.15, -0.1) is 11.3 Å². The highest BCUT2D eigenvalue weighted by Gasteiger charge is 2.14. The Labute approximate surface area is 146 Å². The minimum Gasteiger partial charge on any atom is -0.352 e. The Bertz CT molecular complexity index is 823. The largest absolute Gasteiger partial charge is 0.352 e. The summed E-state index contributed by atoms with van der Waals surface area (Å²) >= 11 is 1.59. The summed E-state index contributed by atoms with van der Waals surface area (Å²) in [7, 11) is 0. The number of nitrogens with zero attached hydrogens (tertiary/aromatic N) is 1. The van der Waals surface area contributed by atoms with Gasteiger partial charge in [0.15, 0.2) is 0 Å². The zero-order chi connectivity index (χ0) is 16.9. The minimum absolute atomic E-state index is 0.0239. The van der Waals surface area contributed by atoms with Crippen molar-refractivity contribution in [3.8, 4) is 11.3 Å². The summed E-state index contributed by atoms with van der Waals surface area (Å²) in [4.78, 5) is 17.9. The van der Waals surface area contributed by atoms with Gasteiger partial charge >= 0.3 is 0 Å². The van der Waals surface area contributed by atoms with E-state index < -0.39 is 0 Å². The maximum atomic E-state index is 12.3. The van der Waals surface area contributed by atoms with Crippen LogP contribution in [0.3, 0.4) is 0 Å². The quantitative estimate of drug-likeness (QED) is 0.755. The molecule has 0 radical (unpaired) electrons. The second-order valence-electron chi connectivity index (χ2n) is 5.81. The first-order valence-electron chi connectivity index (χ1n) is 7.96. The fourth-order valence-corrected chi connectivity index (χ4v) is 3.49. The van der Waals surface area contributed by atoms with Gasteiger partial charge in [-0.1, -0.05) is 60.2 Å². The molecule has 0 unspecified atom stereocenters. The van der Waals surface area contributed by atoms with Crippen molar-refractivity contribution in [3.63, 3.8) is 0 Å². The molecular formula is C20H20N2OS. The maximum absolute atomic E-state index is 12.3. The van der Waals surface area contributed by atoms with Crippen LogP contribution in [0.5, 0.6) is 0 Å². The Morgan fingerprint density at radius 1 is 1.04 bits per heavy atom. The molecule has 24 heavy (non-hydrogen) atoms. The average molecular weight is 336 g/mol. The Balaban J connectivity index is 1.71. The van der Waals surface area contributed by atoms with Crippen molar-refractivity contribution in [3.05, 3.63) is 75.6 Å². The van der Waals surface area contributed by atoms with E-state index in [0.29, 0.717) is 13.0 Å². The number of benzene rings is 2. The van der Waals surface area contributed by atoms with Crippen LogP contribution in [0.25, 0.3) is 11.3 Å². The average Bonchev–Trinajstić information content (AvgIpc) is 2.95. The van der Waals surface area contributed by atoms with Gasteiger partial charge in [0.25, 0.3) is 0 Å². The number of carbonyl (C=O) groups excluding carboxylic acids is 1. The van der Waals surface area contributed by atoms with Gasteiger partial charge in [-0.3, -0.25) is 4.79 Å². The van der Waals surface area contributed by atoms with Crippen LogP contribution in [0.15, 0.2) is 54.6 Å². The summed E-state index contributed by atoms with van der Waals surface area (Å²) in [6.07, 6.45) is 0.363. The van der Waals surface area contributed by atoms with Crippen LogP contribution in [-0.2, 0) is 17.8 Å². The Hall–Kier alpha value is -2.46. The van der Waals surface area contributed by atoms with Crippen LogP contribution >= 0.6 is 11.3 Å². The van der Waals surface area contributed by atoms with Gasteiger partial charge in [0.05, 0.1) is 17.1 Å². The lowest BCUT2D eigenvalue weighted by Crippen LogP contribution is -2.24. The monoisotopic (exact) mass is 336 g/mol. The highest BCUT2D eigenvalue weighted by Crippen LogP contribution is 2.28. The van der Waals surface area contributed by atoms with E-state index in [1.54, 1.807) is 11.3 Å². The zero-order valence-corrected chi connectivity index (χ0v) is 14.7. The summed E-state index contributed by atoms with van der Waals surface area (Å²) in [5, 5.41) is 3.97. The first kappa shape index (κ1) is 16.4. The van der Waals surface area contributed by atoms with Crippen LogP contribution in [0, 0.1) is 13.8 Å². The third kappa shape index (κ3) is 4.09. The third-order valence-electron chi connectivity index (χ3n) is 3.78. The zero-order valence-electron chi connectivity index (χ0n) is 13.9. The van der Waals surface area contributed by atoms with Gasteiger partial charge in [0.1, 0.15) is 0 Å². The lowest BCUT2D eigenvalue weighted by atomic mass is 10.1. The minimum atomic E-state index is 0.0239. The number of aryl methyl sites for hydroxylation is 2. The van der Waals surface area contributed by atoms with E-state index in [4.69, 9.17) is 0 Å². The molecule has 3 rings (SSSR count).